The third-order valence-electron chi connectivity index (χ3n) is 4.97. The van der Waals surface area contributed by atoms with Crippen molar-refractivity contribution in [2.24, 2.45) is 0 Å². The second-order valence-electron chi connectivity index (χ2n) is 6.84. The van der Waals surface area contributed by atoms with Gasteiger partial charge in [0.05, 0.1) is 17.9 Å². The minimum Gasteiger partial charge on any atom is -0.497 e. The zero-order valence-electron chi connectivity index (χ0n) is 15.8. The molecule has 0 N–H and O–H groups in total. The molecular formula is C20H20BrN3O4S. The fourth-order valence-electron chi connectivity index (χ4n) is 3.38. The molecule has 7 nitrogen and oxygen atoms in total. The third-order valence-corrected chi connectivity index (χ3v) is 7.38. The quantitative estimate of drug-likeness (QED) is 0.550. The molecule has 4 rings (SSSR count). The highest BCUT2D eigenvalue weighted by Crippen LogP contribution is 2.31. The summed E-state index contributed by atoms with van der Waals surface area (Å²) in [5.74, 6) is 1.56. The van der Waals surface area contributed by atoms with Crippen molar-refractivity contribution in [3.05, 3.63) is 58.9 Å². The summed E-state index contributed by atoms with van der Waals surface area (Å²) in [6.07, 6.45) is 1.54. The molecule has 1 aromatic heterocycles. The highest BCUT2D eigenvalue weighted by molar-refractivity contribution is 9.10. The van der Waals surface area contributed by atoms with Crippen molar-refractivity contribution < 1.29 is 17.7 Å². The molecule has 0 unspecified atom stereocenters. The van der Waals surface area contributed by atoms with Crippen LogP contribution in [0.4, 0.5) is 0 Å². The minimum absolute atomic E-state index is 0.131. The molecule has 1 aliphatic heterocycles. The van der Waals surface area contributed by atoms with Gasteiger partial charge in [0, 0.05) is 23.1 Å². The number of benzene rings is 2. The predicted molar refractivity (Wildman–Crippen MR) is 111 cm³/mol. The number of sulfonamides is 1. The number of rotatable bonds is 5. The lowest BCUT2D eigenvalue weighted by molar-refractivity contribution is 0.265. The van der Waals surface area contributed by atoms with Gasteiger partial charge in [-0.2, -0.15) is 9.29 Å². The van der Waals surface area contributed by atoms with E-state index in [2.05, 4.69) is 26.1 Å². The molecule has 1 fully saturated rings. The van der Waals surface area contributed by atoms with Gasteiger partial charge >= 0.3 is 0 Å². The van der Waals surface area contributed by atoms with Crippen molar-refractivity contribution in [2.75, 3.05) is 20.2 Å². The first-order valence-electron chi connectivity index (χ1n) is 9.21. The van der Waals surface area contributed by atoms with Gasteiger partial charge in [-0.05, 0) is 61.4 Å². The predicted octanol–water partition coefficient (Wildman–Crippen LogP) is 4.08. The minimum atomic E-state index is -3.56. The zero-order valence-corrected chi connectivity index (χ0v) is 18.2. The van der Waals surface area contributed by atoms with Crippen LogP contribution in [0.15, 0.2) is 62.4 Å². The Morgan fingerprint density at radius 1 is 1.14 bits per heavy atom. The second kappa shape index (κ2) is 8.25. The van der Waals surface area contributed by atoms with E-state index in [-0.39, 0.29) is 10.8 Å². The molecule has 1 aliphatic rings. The maximum Gasteiger partial charge on any atom is 0.243 e. The SMILES string of the molecule is COc1ccc(-c2noc([C@@H]3CCCN(S(=O)(=O)c4ccc(Br)cc4)C3)n2)cc1. The van der Waals surface area contributed by atoms with Crippen LogP contribution in [-0.2, 0) is 10.0 Å². The molecule has 2 heterocycles. The van der Waals surface area contributed by atoms with E-state index in [1.165, 1.54) is 4.31 Å². The summed E-state index contributed by atoms with van der Waals surface area (Å²) in [6, 6.07) is 14.1. The van der Waals surface area contributed by atoms with E-state index < -0.39 is 10.0 Å². The van der Waals surface area contributed by atoms with Gasteiger partial charge < -0.3 is 9.26 Å². The Morgan fingerprint density at radius 3 is 2.55 bits per heavy atom. The van der Waals surface area contributed by atoms with Crippen LogP contribution in [0.3, 0.4) is 0 Å². The molecule has 0 saturated carbocycles. The van der Waals surface area contributed by atoms with Crippen molar-refractivity contribution >= 4 is 26.0 Å². The first kappa shape index (κ1) is 20.1. The topological polar surface area (TPSA) is 85.5 Å². The summed E-state index contributed by atoms with van der Waals surface area (Å²) in [4.78, 5) is 4.80. The molecular weight excluding hydrogens is 458 g/mol. The molecule has 0 bridgehead atoms. The van der Waals surface area contributed by atoms with Crippen LogP contribution in [0, 0.1) is 0 Å². The van der Waals surface area contributed by atoms with E-state index in [4.69, 9.17) is 9.26 Å². The Kier molecular flexibility index (Phi) is 5.71. The zero-order chi connectivity index (χ0) is 20.4. The van der Waals surface area contributed by atoms with Crippen molar-refractivity contribution in [1.29, 1.82) is 0 Å². The van der Waals surface area contributed by atoms with Crippen LogP contribution in [-0.4, -0.2) is 43.1 Å². The Hall–Kier alpha value is -2.23. The number of methoxy groups -OCH3 is 1. The van der Waals surface area contributed by atoms with Gasteiger partial charge in [0.2, 0.25) is 21.7 Å². The number of ether oxygens (including phenoxy) is 1. The van der Waals surface area contributed by atoms with E-state index in [1.54, 1.807) is 31.4 Å². The summed E-state index contributed by atoms with van der Waals surface area (Å²) in [5, 5.41) is 4.07. The lowest BCUT2D eigenvalue weighted by Crippen LogP contribution is -2.39. The highest BCUT2D eigenvalue weighted by Gasteiger charge is 2.33. The summed E-state index contributed by atoms with van der Waals surface area (Å²) in [7, 11) is -1.95. The van der Waals surface area contributed by atoms with Gasteiger partial charge in [-0.15, -0.1) is 0 Å². The smallest absolute Gasteiger partial charge is 0.243 e. The summed E-state index contributed by atoms with van der Waals surface area (Å²) in [5.41, 5.74) is 0.816. The number of nitrogens with zero attached hydrogens (tertiary/aromatic N) is 3. The van der Waals surface area contributed by atoms with Gasteiger partial charge in [0.25, 0.3) is 0 Å². The number of halogens is 1. The lowest BCUT2D eigenvalue weighted by atomic mass is 10.00. The standard InChI is InChI=1S/C20H20BrN3O4S/c1-27-17-8-4-14(5-9-17)19-22-20(28-23-19)15-3-2-12-24(13-15)29(25,26)18-10-6-16(21)7-11-18/h4-11,15H,2-3,12-13H2,1H3/t15-/m1/s1. The largest absolute Gasteiger partial charge is 0.497 e. The van der Waals surface area contributed by atoms with Crippen molar-refractivity contribution in [3.8, 4) is 17.1 Å². The van der Waals surface area contributed by atoms with Crippen molar-refractivity contribution in [1.82, 2.24) is 14.4 Å². The van der Waals surface area contributed by atoms with E-state index in [0.717, 1.165) is 28.6 Å². The third kappa shape index (κ3) is 4.22. The molecule has 152 valence electrons. The molecule has 1 saturated heterocycles. The molecule has 0 spiro atoms. The van der Waals surface area contributed by atoms with Crippen LogP contribution < -0.4 is 4.74 Å². The monoisotopic (exact) mass is 477 g/mol. The Balaban J connectivity index is 1.52. The van der Waals surface area contributed by atoms with E-state index in [9.17, 15) is 8.42 Å². The average Bonchev–Trinajstić information content (AvgIpc) is 3.24. The summed E-state index contributed by atoms with van der Waals surface area (Å²) < 4.78 is 39.0. The Bertz CT molecular complexity index is 1080. The van der Waals surface area contributed by atoms with Crippen LogP contribution in [0.1, 0.15) is 24.7 Å². The molecule has 0 aliphatic carbocycles. The molecule has 9 heteroatoms. The summed E-state index contributed by atoms with van der Waals surface area (Å²) in [6.45, 7) is 0.803. The van der Waals surface area contributed by atoms with E-state index in [0.29, 0.717) is 24.8 Å². The van der Waals surface area contributed by atoms with Crippen LogP contribution in [0.5, 0.6) is 5.75 Å². The van der Waals surface area contributed by atoms with Gasteiger partial charge in [-0.3, -0.25) is 0 Å². The first-order valence-corrected chi connectivity index (χ1v) is 11.4. The van der Waals surface area contributed by atoms with E-state index >= 15 is 0 Å². The van der Waals surface area contributed by atoms with Gasteiger partial charge in [0.15, 0.2) is 0 Å². The second-order valence-corrected chi connectivity index (χ2v) is 9.69. The number of aromatic nitrogens is 2. The molecule has 3 aromatic rings. The molecule has 0 amide bonds. The lowest BCUT2D eigenvalue weighted by Gasteiger charge is -2.30. The average molecular weight is 478 g/mol. The van der Waals surface area contributed by atoms with Crippen LogP contribution in [0.25, 0.3) is 11.4 Å². The number of piperidine rings is 1. The van der Waals surface area contributed by atoms with Gasteiger partial charge in [0.1, 0.15) is 5.75 Å². The fourth-order valence-corrected chi connectivity index (χ4v) is 5.16. The maximum atomic E-state index is 13.0. The van der Waals surface area contributed by atoms with Crippen LogP contribution in [0.2, 0.25) is 0 Å². The van der Waals surface area contributed by atoms with Crippen LogP contribution >= 0.6 is 15.9 Å². The fraction of sp³-hybridized carbons (Fsp3) is 0.300. The summed E-state index contributed by atoms with van der Waals surface area (Å²) >= 11 is 3.33. The Labute approximate surface area is 177 Å². The van der Waals surface area contributed by atoms with Gasteiger partial charge in [-0.1, -0.05) is 21.1 Å². The maximum absolute atomic E-state index is 13.0. The Morgan fingerprint density at radius 2 is 1.86 bits per heavy atom. The van der Waals surface area contributed by atoms with E-state index in [1.807, 2.05) is 24.3 Å². The van der Waals surface area contributed by atoms with Gasteiger partial charge in [-0.25, -0.2) is 8.42 Å². The molecule has 29 heavy (non-hydrogen) atoms. The first-order chi connectivity index (χ1) is 14.0. The molecule has 0 radical (unpaired) electrons. The molecule has 2 aromatic carbocycles. The number of hydrogen-bond acceptors (Lipinski definition) is 6. The van der Waals surface area contributed by atoms with Crippen molar-refractivity contribution in [2.45, 2.75) is 23.7 Å². The van der Waals surface area contributed by atoms with Crippen molar-refractivity contribution in [3.63, 3.8) is 0 Å². The molecule has 1 atom stereocenters. The normalized spacial score (nSPS) is 17.9. The number of hydrogen-bond donors (Lipinski definition) is 0. The highest BCUT2D eigenvalue weighted by atomic mass is 79.9.